The van der Waals surface area contributed by atoms with Crippen LogP contribution in [0.1, 0.15) is 18.9 Å². The van der Waals surface area contributed by atoms with E-state index in [1.165, 1.54) is 4.90 Å². The molecule has 1 rings (SSSR count). The lowest BCUT2D eigenvalue weighted by atomic mass is 10.1. The van der Waals surface area contributed by atoms with Crippen molar-refractivity contribution < 1.29 is 9.59 Å². The van der Waals surface area contributed by atoms with Gasteiger partial charge < -0.3 is 15.5 Å². The molecule has 2 amide bonds. The minimum Gasteiger partial charge on any atom is -0.399 e. The number of halogens is 1. The fourth-order valence-electron chi connectivity index (χ4n) is 1.79. The summed E-state index contributed by atoms with van der Waals surface area (Å²) in [6, 6.07) is 7.23. The number of nitrogens with two attached hydrogens (primary N) is 1. The Morgan fingerprint density at radius 2 is 1.67 bits per heavy atom. The van der Waals surface area contributed by atoms with Gasteiger partial charge in [0.15, 0.2) is 0 Å². The molecule has 0 saturated heterocycles. The Hall–Kier alpha value is -1.75. The van der Waals surface area contributed by atoms with Crippen molar-refractivity contribution in [1.82, 2.24) is 9.80 Å². The number of rotatable bonds is 6. The number of amides is 2. The topological polar surface area (TPSA) is 66.6 Å². The summed E-state index contributed by atoms with van der Waals surface area (Å²) < 4.78 is 0. The number of carbonyl (C=O) groups is 2. The quantitative estimate of drug-likeness (QED) is 0.811. The molecule has 0 radical (unpaired) electrons. The highest BCUT2D eigenvalue weighted by molar-refractivity contribution is 5.86. The van der Waals surface area contributed by atoms with Crippen LogP contribution in [-0.4, -0.2) is 48.8 Å². The Labute approximate surface area is 132 Å². The van der Waals surface area contributed by atoms with Crippen LogP contribution in [0.25, 0.3) is 0 Å². The van der Waals surface area contributed by atoms with E-state index in [9.17, 15) is 9.59 Å². The molecule has 0 aliphatic carbocycles. The van der Waals surface area contributed by atoms with E-state index in [1.54, 1.807) is 31.1 Å². The van der Waals surface area contributed by atoms with Crippen molar-refractivity contribution in [2.45, 2.75) is 19.8 Å². The maximum Gasteiger partial charge on any atom is 0.241 e. The largest absolute Gasteiger partial charge is 0.399 e. The molecular weight excluding hydrogens is 290 g/mol. The van der Waals surface area contributed by atoms with Crippen LogP contribution in [0.5, 0.6) is 0 Å². The van der Waals surface area contributed by atoms with Gasteiger partial charge in [0, 0.05) is 26.3 Å². The Balaban J connectivity index is 0.00000400. The van der Waals surface area contributed by atoms with Crippen LogP contribution >= 0.6 is 12.4 Å². The lowest BCUT2D eigenvalue weighted by molar-refractivity contribution is -0.138. The standard InChI is InChI=1S/C15H23N3O2.ClH/c1-4-9-18(11-15(20)17(2)3)14(19)10-12-5-7-13(16)8-6-12;/h5-8H,4,9-11,16H2,1-3H3;1H. The summed E-state index contributed by atoms with van der Waals surface area (Å²) in [6.45, 7) is 2.71. The monoisotopic (exact) mass is 313 g/mol. The summed E-state index contributed by atoms with van der Waals surface area (Å²) in [7, 11) is 3.38. The van der Waals surface area contributed by atoms with E-state index in [0.717, 1.165) is 12.0 Å². The van der Waals surface area contributed by atoms with Crippen LogP contribution in [0.3, 0.4) is 0 Å². The number of benzene rings is 1. The maximum absolute atomic E-state index is 12.3. The van der Waals surface area contributed by atoms with Crippen molar-refractivity contribution in [2.75, 3.05) is 32.9 Å². The molecule has 0 saturated carbocycles. The predicted molar refractivity (Wildman–Crippen MR) is 87.4 cm³/mol. The molecule has 0 fully saturated rings. The zero-order valence-corrected chi connectivity index (χ0v) is 13.7. The molecule has 5 nitrogen and oxygen atoms in total. The second-order valence-electron chi connectivity index (χ2n) is 5.02. The average molecular weight is 314 g/mol. The van der Waals surface area contributed by atoms with E-state index in [4.69, 9.17) is 5.73 Å². The minimum absolute atomic E-state index is 0. The Kier molecular flexibility index (Phi) is 8.47. The minimum atomic E-state index is -0.0656. The molecule has 21 heavy (non-hydrogen) atoms. The highest BCUT2D eigenvalue weighted by Crippen LogP contribution is 2.08. The van der Waals surface area contributed by atoms with Gasteiger partial charge in [0.1, 0.15) is 0 Å². The fraction of sp³-hybridized carbons (Fsp3) is 0.467. The molecule has 2 N–H and O–H groups in total. The van der Waals surface area contributed by atoms with E-state index in [0.29, 0.717) is 18.7 Å². The Morgan fingerprint density at radius 3 is 2.14 bits per heavy atom. The Morgan fingerprint density at radius 1 is 1.10 bits per heavy atom. The van der Waals surface area contributed by atoms with Gasteiger partial charge in [0.25, 0.3) is 0 Å². The van der Waals surface area contributed by atoms with E-state index in [2.05, 4.69) is 0 Å². The number of hydrogen-bond donors (Lipinski definition) is 1. The van der Waals surface area contributed by atoms with Crippen LogP contribution in [0.15, 0.2) is 24.3 Å². The average Bonchev–Trinajstić information content (AvgIpc) is 2.40. The first kappa shape index (κ1) is 19.2. The maximum atomic E-state index is 12.3. The lowest BCUT2D eigenvalue weighted by Gasteiger charge is -2.23. The van der Waals surface area contributed by atoms with E-state index in [-0.39, 0.29) is 30.8 Å². The zero-order valence-electron chi connectivity index (χ0n) is 12.8. The van der Waals surface area contributed by atoms with E-state index < -0.39 is 0 Å². The van der Waals surface area contributed by atoms with Gasteiger partial charge in [0.05, 0.1) is 13.0 Å². The van der Waals surface area contributed by atoms with Crippen LogP contribution in [-0.2, 0) is 16.0 Å². The van der Waals surface area contributed by atoms with Crippen molar-refractivity contribution in [3.05, 3.63) is 29.8 Å². The van der Waals surface area contributed by atoms with Crippen molar-refractivity contribution >= 4 is 29.9 Å². The molecule has 0 aliphatic rings. The fourth-order valence-corrected chi connectivity index (χ4v) is 1.79. The second-order valence-corrected chi connectivity index (χ2v) is 5.02. The summed E-state index contributed by atoms with van der Waals surface area (Å²) in [5.74, 6) is -0.101. The molecule has 1 aromatic rings. The van der Waals surface area contributed by atoms with Gasteiger partial charge in [-0.2, -0.15) is 0 Å². The number of hydrogen-bond acceptors (Lipinski definition) is 3. The molecule has 0 aromatic heterocycles. The van der Waals surface area contributed by atoms with Crippen LogP contribution in [0.4, 0.5) is 5.69 Å². The van der Waals surface area contributed by atoms with Gasteiger partial charge in [-0.15, -0.1) is 12.4 Å². The first-order valence-corrected chi connectivity index (χ1v) is 6.76. The van der Waals surface area contributed by atoms with Gasteiger partial charge >= 0.3 is 0 Å². The molecule has 6 heteroatoms. The Bertz CT molecular complexity index is 460. The highest BCUT2D eigenvalue weighted by atomic mass is 35.5. The smallest absolute Gasteiger partial charge is 0.241 e. The molecule has 0 heterocycles. The number of nitrogen functional groups attached to an aromatic ring is 1. The third-order valence-electron chi connectivity index (χ3n) is 3.01. The zero-order chi connectivity index (χ0) is 15.1. The molecule has 0 atom stereocenters. The van der Waals surface area contributed by atoms with Crippen molar-refractivity contribution in [1.29, 1.82) is 0 Å². The van der Waals surface area contributed by atoms with Crippen LogP contribution in [0.2, 0.25) is 0 Å². The molecule has 1 aromatic carbocycles. The van der Waals surface area contributed by atoms with Gasteiger partial charge in [-0.25, -0.2) is 0 Å². The third kappa shape index (κ3) is 6.49. The van der Waals surface area contributed by atoms with Crippen LogP contribution in [0, 0.1) is 0 Å². The van der Waals surface area contributed by atoms with Gasteiger partial charge in [0.2, 0.25) is 11.8 Å². The lowest BCUT2D eigenvalue weighted by Crippen LogP contribution is -2.41. The summed E-state index contributed by atoms with van der Waals surface area (Å²) in [4.78, 5) is 27.1. The van der Waals surface area contributed by atoms with Crippen LogP contribution < -0.4 is 5.73 Å². The predicted octanol–water partition coefficient (Wildman–Crippen LogP) is 1.56. The molecule has 0 bridgehead atoms. The summed E-state index contributed by atoms with van der Waals surface area (Å²) in [5, 5.41) is 0. The number of carbonyl (C=O) groups excluding carboxylic acids is 2. The number of nitrogens with zero attached hydrogens (tertiary/aromatic N) is 2. The SMILES string of the molecule is CCCN(CC(=O)N(C)C)C(=O)Cc1ccc(N)cc1.Cl. The molecule has 0 aliphatic heterocycles. The normalized spacial score (nSPS) is 9.67. The first-order valence-electron chi connectivity index (χ1n) is 6.76. The summed E-state index contributed by atoms with van der Waals surface area (Å²) in [5.41, 5.74) is 7.20. The number of anilines is 1. The van der Waals surface area contributed by atoms with Gasteiger partial charge in [-0.1, -0.05) is 19.1 Å². The second kappa shape index (κ2) is 9.23. The van der Waals surface area contributed by atoms with Gasteiger partial charge in [-0.05, 0) is 24.1 Å². The van der Waals surface area contributed by atoms with Crippen molar-refractivity contribution in [3.8, 4) is 0 Å². The van der Waals surface area contributed by atoms with E-state index >= 15 is 0 Å². The summed E-state index contributed by atoms with van der Waals surface area (Å²) >= 11 is 0. The molecule has 0 spiro atoms. The van der Waals surface area contributed by atoms with Crippen molar-refractivity contribution in [3.63, 3.8) is 0 Å². The van der Waals surface area contributed by atoms with Crippen molar-refractivity contribution in [2.24, 2.45) is 0 Å². The number of likely N-dealkylation sites (N-methyl/N-ethyl adjacent to an activating group) is 1. The summed E-state index contributed by atoms with van der Waals surface area (Å²) in [6.07, 6.45) is 1.12. The third-order valence-corrected chi connectivity index (χ3v) is 3.01. The van der Waals surface area contributed by atoms with Gasteiger partial charge in [-0.3, -0.25) is 9.59 Å². The molecule has 118 valence electrons. The highest BCUT2D eigenvalue weighted by Gasteiger charge is 2.17. The van der Waals surface area contributed by atoms with E-state index in [1.807, 2.05) is 19.1 Å². The molecule has 0 unspecified atom stereocenters. The molecular formula is C15H24ClN3O2. The first-order chi connectivity index (χ1) is 9.43.